The normalized spacial score (nSPS) is 25.7. The minimum absolute atomic E-state index is 0.0189. The smallest absolute Gasteiger partial charge is 0.320 e. The van der Waals surface area contributed by atoms with E-state index in [1.54, 1.807) is 0 Å². The molecule has 3 unspecified atom stereocenters. The van der Waals surface area contributed by atoms with E-state index < -0.39 is 64.2 Å². The number of hydrogen-bond acceptors (Lipinski definition) is 11. The molecule has 0 spiro atoms. The van der Waals surface area contributed by atoms with Crippen LogP contribution in [0.5, 0.6) is 0 Å². The number of Topliss-reactive ketones (excluding diaryl/α,β-unsaturated/α-hetero) is 1. The lowest BCUT2D eigenvalue weighted by Crippen LogP contribution is -2.74. The zero-order valence-electron chi connectivity index (χ0n) is 17.9. The molecule has 2 aliphatic rings. The number of rotatable bonds is 10. The number of β-lactam (4-membered cyclic amide) rings is 1. The summed E-state index contributed by atoms with van der Waals surface area (Å²) in [6, 6.07) is -0.922. The number of alkyl halides is 1. The standard InChI is InChI=1S/C18H24ClN3O9S/c1-9(23)30-10(2)31-17(27)18(7-28-3)6-22-15(26)13(16(22)32-8-18)20-14(25)12(21-29-4)11(24)5-19/h10,13,16H,5-8H2,1-4H3,(H,20,25)/t10?,13?,16-,18?/m1/s1. The Morgan fingerprint density at radius 3 is 2.56 bits per heavy atom. The van der Waals surface area contributed by atoms with Crippen molar-refractivity contribution in [2.24, 2.45) is 10.6 Å². The van der Waals surface area contributed by atoms with Crippen molar-refractivity contribution in [2.75, 3.05) is 39.0 Å². The van der Waals surface area contributed by atoms with Crippen LogP contribution in [0.25, 0.3) is 0 Å². The molecule has 1 N–H and O–H groups in total. The van der Waals surface area contributed by atoms with Crippen LogP contribution < -0.4 is 5.32 Å². The van der Waals surface area contributed by atoms with Crippen LogP contribution in [0.4, 0.5) is 0 Å². The van der Waals surface area contributed by atoms with Gasteiger partial charge in [-0.25, -0.2) is 0 Å². The van der Waals surface area contributed by atoms with E-state index in [0.29, 0.717) is 0 Å². The summed E-state index contributed by atoms with van der Waals surface area (Å²) in [6.45, 7) is 2.54. The van der Waals surface area contributed by atoms with Crippen molar-refractivity contribution >= 4 is 58.6 Å². The molecule has 0 radical (unpaired) electrons. The maximum absolute atomic E-state index is 12.8. The summed E-state index contributed by atoms with van der Waals surface area (Å²) in [6.07, 6.45) is -1.10. The number of methoxy groups -OCH3 is 1. The van der Waals surface area contributed by atoms with Crippen molar-refractivity contribution < 1.29 is 43.0 Å². The molecule has 32 heavy (non-hydrogen) atoms. The highest BCUT2D eigenvalue weighted by atomic mass is 35.5. The Morgan fingerprint density at radius 2 is 2.00 bits per heavy atom. The summed E-state index contributed by atoms with van der Waals surface area (Å²) in [5.41, 5.74) is -1.74. The fourth-order valence-electron chi connectivity index (χ4n) is 3.29. The lowest BCUT2D eigenvalue weighted by Gasteiger charge is -2.53. The van der Waals surface area contributed by atoms with Gasteiger partial charge in [-0.2, -0.15) is 0 Å². The SMILES string of the molecule is COCC1(C(=O)OC(C)OC(C)=O)CS[C@@H]2C(NC(=O)C(=NOC)C(=O)CCl)C(=O)N2C1. The summed E-state index contributed by atoms with van der Waals surface area (Å²) in [4.78, 5) is 66.7. The molecule has 0 aliphatic carbocycles. The highest BCUT2D eigenvalue weighted by Gasteiger charge is 2.58. The summed E-state index contributed by atoms with van der Waals surface area (Å²) < 4.78 is 15.2. The average molecular weight is 494 g/mol. The molecule has 12 nitrogen and oxygen atoms in total. The number of esters is 2. The number of thioether (sulfide) groups is 1. The lowest BCUT2D eigenvalue weighted by molar-refractivity contribution is -0.194. The van der Waals surface area contributed by atoms with E-state index in [4.69, 9.17) is 25.8 Å². The molecule has 0 aromatic carbocycles. The number of ketones is 1. The Morgan fingerprint density at radius 1 is 1.31 bits per heavy atom. The fourth-order valence-corrected chi connectivity index (χ4v) is 4.93. The average Bonchev–Trinajstić information content (AvgIpc) is 2.74. The second-order valence-corrected chi connectivity index (χ2v) is 8.47. The molecule has 2 rings (SSSR count). The number of oxime groups is 1. The van der Waals surface area contributed by atoms with E-state index in [-0.39, 0.29) is 18.9 Å². The summed E-state index contributed by atoms with van der Waals surface area (Å²) >= 11 is 6.72. The van der Waals surface area contributed by atoms with Crippen LogP contribution >= 0.6 is 23.4 Å². The van der Waals surface area contributed by atoms with Crippen molar-refractivity contribution in [3.05, 3.63) is 0 Å². The molecule has 2 heterocycles. The number of carbonyl (C=O) groups is 5. The van der Waals surface area contributed by atoms with Gasteiger partial charge < -0.3 is 29.3 Å². The molecular weight excluding hydrogens is 470 g/mol. The van der Waals surface area contributed by atoms with Crippen LogP contribution in [0.15, 0.2) is 5.16 Å². The van der Waals surface area contributed by atoms with Gasteiger partial charge in [0.05, 0.1) is 12.5 Å². The first-order valence-electron chi connectivity index (χ1n) is 9.40. The molecule has 0 aromatic rings. The van der Waals surface area contributed by atoms with E-state index in [1.807, 2.05) is 0 Å². The maximum Gasteiger partial charge on any atom is 0.320 e. The summed E-state index contributed by atoms with van der Waals surface area (Å²) in [7, 11) is 2.57. The Labute approximate surface area is 193 Å². The number of nitrogens with zero attached hydrogens (tertiary/aromatic N) is 2. The molecule has 14 heteroatoms. The van der Waals surface area contributed by atoms with Gasteiger partial charge in [0.25, 0.3) is 5.91 Å². The number of ether oxygens (including phenoxy) is 3. The monoisotopic (exact) mass is 493 g/mol. The minimum Gasteiger partial charge on any atom is -0.426 e. The van der Waals surface area contributed by atoms with Gasteiger partial charge in [-0.05, 0) is 0 Å². The lowest BCUT2D eigenvalue weighted by atomic mass is 9.88. The number of halogens is 1. The van der Waals surface area contributed by atoms with Crippen LogP contribution in [0.3, 0.4) is 0 Å². The Bertz CT molecular complexity index is 824. The molecule has 2 aliphatic heterocycles. The fraction of sp³-hybridized carbons (Fsp3) is 0.667. The molecule has 0 bridgehead atoms. The quantitative estimate of drug-likeness (QED) is 0.0785. The summed E-state index contributed by atoms with van der Waals surface area (Å²) in [5.74, 6) is -3.65. The number of fused-ring (bicyclic) bond motifs is 1. The predicted octanol–water partition coefficient (Wildman–Crippen LogP) is -0.718. The van der Waals surface area contributed by atoms with Crippen molar-refractivity contribution in [3.63, 3.8) is 0 Å². The summed E-state index contributed by atoms with van der Waals surface area (Å²) in [5, 5.41) is 5.37. The third-order valence-corrected chi connectivity index (χ3v) is 6.50. The third-order valence-electron chi connectivity index (χ3n) is 4.67. The van der Waals surface area contributed by atoms with Crippen LogP contribution in [-0.4, -0.2) is 96.9 Å². The van der Waals surface area contributed by atoms with Gasteiger partial charge in [-0.15, -0.1) is 23.4 Å². The first kappa shape index (κ1) is 25.9. The zero-order valence-corrected chi connectivity index (χ0v) is 19.5. The van der Waals surface area contributed by atoms with Crippen LogP contribution in [0.2, 0.25) is 0 Å². The zero-order chi connectivity index (χ0) is 24.1. The molecule has 2 saturated heterocycles. The van der Waals surface area contributed by atoms with Gasteiger partial charge >= 0.3 is 11.9 Å². The molecule has 0 saturated carbocycles. The second kappa shape index (κ2) is 11.0. The number of carbonyl (C=O) groups excluding carboxylic acids is 5. The minimum atomic E-state index is -1.19. The molecule has 0 aromatic heterocycles. The van der Waals surface area contributed by atoms with E-state index in [9.17, 15) is 24.0 Å². The van der Waals surface area contributed by atoms with E-state index in [1.165, 1.54) is 44.7 Å². The van der Waals surface area contributed by atoms with Crippen molar-refractivity contribution in [2.45, 2.75) is 31.6 Å². The first-order chi connectivity index (χ1) is 15.1. The van der Waals surface area contributed by atoms with Gasteiger partial charge in [0.15, 0.2) is 0 Å². The number of amides is 2. The van der Waals surface area contributed by atoms with Crippen molar-refractivity contribution in [1.29, 1.82) is 0 Å². The van der Waals surface area contributed by atoms with Crippen LogP contribution in [-0.2, 0) is 43.0 Å². The number of nitrogens with one attached hydrogen (secondary N) is 1. The first-order valence-corrected chi connectivity index (χ1v) is 11.0. The molecule has 4 atom stereocenters. The Hall–Kier alpha value is -2.38. The molecule has 178 valence electrons. The van der Waals surface area contributed by atoms with E-state index in [2.05, 4.69) is 15.3 Å². The van der Waals surface area contributed by atoms with Gasteiger partial charge in [-0.1, -0.05) is 5.16 Å². The molecular formula is C18H24ClN3O9S. The van der Waals surface area contributed by atoms with E-state index >= 15 is 0 Å². The van der Waals surface area contributed by atoms with Crippen molar-refractivity contribution in [3.8, 4) is 0 Å². The largest absolute Gasteiger partial charge is 0.426 e. The maximum atomic E-state index is 12.8. The van der Waals surface area contributed by atoms with Crippen LogP contribution in [0, 0.1) is 5.41 Å². The number of hydrogen-bond donors (Lipinski definition) is 1. The van der Waals surface area contributed by atoms with Crippen molar-refractivity contribution in [1.82, 2.24) is 10.2 Å². The van der Waals surface area contributed by atoms with Gasteiger partial charge in [0.1, 0.15) is 23.9 Å². The van der Waals surface area contributed by atoms with Crippen LogP contribution in [0.1, 0.15) is 13.8 Å². The molecule has 2 fully saturated rings. The van der Waals surface area contributed by atoms with Gasteiger partial charge in [-0.3, -0.25) is 24.0 Å². The molecule has 2 amide bonds. The highest BCUT2D eigenvalue weighted by molar-refractivity contribution is 8.00. The third kappa shape index (κ3) is 5.51. The van der Waals surface area contributed by atoms with Gasteiger partial charge in [0, 0.05) is 33.3 Å². The van der Waals surface area contributed by atoms with E-state index in [0.717, 1.165) is 0 Å². The predicted molar refractivity (Wildman–Crippen MR) is 112 cm³/mol. The Kier molecular flexibility index (Phi) is 8.87. The highest BCUT2D eigenvalue weighted by Crippen LogP contribution is 2.43. The van der Waals surface area contributed by atoms with Gasteiger partial charge in [0.2, 0.25) is 23.7 Å². The Balaban J connectivity index is 2.08. The topological polar surface area (TPSA) is 150 Å². The second-order valence-electron chi connectivity index (χ2n) is 7.09.